The number of rotatable bonds is 5. The number of carbonyl (C=O) groups excluding carboxylic acids is 3. The molecular formula is C12H15N3O3S. The number of hydrogen-bond acceptors (Lipinski definition) is 4. The van der Waals surface area contributed by atoms with E-state index >= 15 is 0 Å². The molecule has 0 radical (unpaired) electrons. The van der Waals surface area contributed by atoms with Gasteiger partial charge in [-0.15, -0.1) is 11.3 Å². The van der Waals surface area contributed by atoms with Crippen LogP contribution < -0.4 is 10.7 Å². The first-order valence-electron chi connectivity index (χ1n) is 5.95. The summed E-state index contributed by atoms with van der Waals surface area (Å²) in [5.74, 6) is -1.95. The number of hydrogen-bond donors (Lipinski definition) is 2. The quantitative estimate of drug-likeness (QED) is 0.741. The molecule has 1 aliphatic rings. The molecule has 2 rings (SSSR count). The highest BCUT2D eigenvalue weighted by molar-refractivity contribution is 7.09. The van der Waals surface area contributed by atoms with Crippen molar-refractivity contribution in [1.82, 2.24) is 15.8 Å². The molecule has 1 atom stereocenters. The third-order valence-electron chi connectivity index (χ3n) is 2.89. The van der Waals surface area contributed by atoms with Gasteiger partial charge >= 0.3 is 0 Å². The minimum absolute atomic E-state index is 0.0978. The average Bonchev–Trinajstić information content (AvgIpc) is 2.94. The first-order chi connectivity index (χ1) is 9.08. The maximum atomic E-state index is 11.7. The molecule has 6 nitrogen and oxygen atoms in total. The average molecular weight is 281 g/mol. The Balaban J connectivity index is 1.75. The fraction of sp³-hybridized carbons (Fsp3) is 0.417. The molecule has 0 aromatic carbocycles. The summed E-state index contributed by atoms with van der Waals surface area (Å²) in [7, 11) is 1.47. The second kappa shape index (κ2) is 5.83. The van der Waals surface area contributed by atoms with Gasteiger partial charge in [0, 0.05) is 24.9 Å². The summed E-state index contributed by atoms with van der Waals surface area (Å²) in [6, 6.07) is 3.96. The van der Waals surface area contributed by atoms with Crippen LogP contribution in [0.15, 0.2) is 17.5 Å². The summed E-state index contributed by atoms with van der Waals surface area (Å²) in [4.78, 5) is 35.9. The van der Waals surface area contributed by atoms with E-state index in [0.717, 1.165) is 11.4 Å². The molecule has 0 aliphatic carbocycles. The van der Waals surface area contributed by atoms with E-state index in [-0.39, 0.29) is 18.2 Å². The van der Waals surface area contributed by atoms with Gasteiger partial charge in [0.15, 0.2) is 0 Å². The number of nitrogens with zero attached hydrogens (tertiary/aromatic N) is 1. The van der Waals surface area contributed by atoms with Crippen molar-refractivity contribution in [3.8, 4) is 0 Å². The largest absolute Gasteiger partial charge is 0.356 e. The SMILES string of the molecule is CN1NC(=O)C(CC(=O)NCCc2cccs2)C1=O. The summed E-state index contributed by atoms with van der Waals surface area (Å²) in [6.45, 7) is 0.512. The second-order valence-electron chi connectivity index (χ2n) is 4.31. The Hall–Kier alpha value is -1.89. The smallest absolute Gasteiger partial charge is 0.253 e. The topological polar surface area (TPSA) is 78.5 Å². The lowest BCUT2D eigenvalue weighted by Crippen LogP contribution is -2.31. The number of carbonyl (C=O) groups is 3. The zero-order valence-electron chi connectivity index (χ0n) is 10.5. The molecule has 1 aromatic rings. The third kappa shape index (κ3) is 3.31. The van der Waals surface area contributed by atoms with Gasteiger partial charge in [0.25, 0.3) is 11.8 Å². The summed E-state index contributed by atoms with van der Waals surface area (Å²) >= 11 is 1.63. The van der Waals surface area contributed by atoms with Crippen molar-refractivity contribution < 1.29 is 14.4 Å². The van der Waals surface area contributed by atoms with Gasteiger partial charge in [0.05, 0.1) is 0 Å². The number of thiophene rings is 1. The highest BCUT2D eigenvalue weighted by Crippen LogP contribution is 2.13. The van der Waals surface area contributed by atoms with Gasteiger partial charge in [0.1, 0.15) is 5.92 Å². The predicted molar refractivity (Wildman–Crippen MR) is 70.1 cm³/mol. The molecule has 1 fully saturated rings. The van der Waals surface area contributed by atoms with Crippen molar-refractivity contribution in [3.05, 3.63) is 22.4 Å². The van der Waals surface area contributed by atoms with E-state index in [1.54, 1.807) is 11.3 Å². The van der Waals surface area contributed by atoms with Crippen LogP contribution in [0.4, 0.5) is 0 Å². The first-order valence-corrected chi connectivity index (χ1v) is 6.83. The predicted octanol–water partition coefficient (Wildman–Crippen LogP) is -0.0837. The lowest BCUT2D eigenvalue weighted by Gasteiger charge is -2.07. The van der Waals surface area contributed by atoms with Crippen LogP contribution in [0.3, 0.4) is 0 Å². The van der Waals surface area contributed by atoms with Crippen molar-refractivity contribution in [1.29, 1.82) is 0 Å². The second-order valence-corrected chi connectivity index (χ2v) is 5.34. The summed E-state index contributed by atoms with van der Waals surface area (Å²) in [5.41, 5.74) is 2.37. The van der Waals surface area contributed by atoms with Crippen molar-refractivity contribution in [2.45, 2.75) is 12.8 Å². The van der Waals surface area contributed by atoms with Gasteiger partial charge in [0.2, 0.25) is 5.91 Å². The Morgan fingerprint density at radius 1 is 1.53 bits per heavy atom. The van der Waals surface area contributed by atoms with Crippen LogP contribution in [-0.2, 0) is 20.8 Å². The molecule has 7 heteroatoms. The van der Waals surface area contributed by atoms with Crippen LogP contribution in [0.5, 0.6) is 0 Å². The molecule has 1 saturated heterocycles. The van der Waals surface area contributed by atoms with Crippen LogP contribution in [0.1, 0.15) is 11.3 Å². The molecule has 102 valence electrons. The van der Waals surface area contributed by atoms with Gasteiger partial charge in [-0.2, -0.15) is 0 Å². The molecule has 1 aliphatic heterocycles. The lowest BCUT2D eigenvalue weighted by molar-refractivity contribution is -0.135. The third-order valence-corrected chi connectivity index (χ3v) is 3.82. The Morgan fingerprint density at radius 3 is 2.89 bits per heavy atom. The highest BCUT2D eigenvalue weighted by atomic mass is 32.1. The van der Waals surface area contributed by atoms with Gasteiger partial charge in [-0.05, 0) is 17.9 Å². The normalized spacial score (nSPS) is 18.6. The molecule has 0 bridgehead atoms. The molecule has 3 amide bonds. The van der Waals surface area contributed by atoms with E-state index in [9.17, 15) is 14.4 Å². The zero-order valence-corrected chi connectivity index (χ0v) is 11.3. The molecule has 19 heavy (non-hydrogen) atoms. The highest BCUT2D eigenvalue weighted by Gasteiger charge is 2.38. The maximum absolute atomic E-state index is 11.7. The minimum Gasteiger partial charge on any atom is -0.356 e. The van der Waals surface area contributed by atoms with E-state index in [0.29, 0.717) is 6.54 Å². The zero-order chi connectivity index (χ0) is 13.8. The summed E-state index contributed by atoms with van der Waals surface area (Å²) < 4.78 is 0. The Kier molecular flexibility index (Phi) is 4.16. The molecule has 0 saturated carbocycles. The molecule has 2 N–H and O–H groups in total. The first kappa shape index (κ1) is 13.5. The van der Waals surface area contributed by atoms with Crippen LogP contribution in [0.25, 0.3) is 0 Å². The van der Waals surface area contributed by atoms with Gasteiger partial charge in [-0.3, -0.25) is 24.8 Å². The maximum Gasteiger partial charge on any atom is 0.253 e. The number of hydrazine groups is 1. The van der Waals surface area contributed by atoms with Gasteiger partial charge < -0.3 is 5.32 Å². The molecule has 1 unspecified atom stereocenters. The van der Waals surface area contributed by atoms with E-state index in [4.69, 9.17) is 0 Å². The Labute approximate surface area is 114 Å². The van der Waals surface area contributed by atoms with Crippen LogP contribution in [0.2, 0.25) is 0 Å². The van der Waals surface area contributed by atoms with Gasteiger partial charge in [-0.1, -0.05) is 6.07 Å². The van der Waals surface area contributed by atoms with Crippen molar-refractivity contribution >= 4 is 29.1 Å². The van der Waals surface area contributed by atoms with Crippen LogP contribution in [-0.4, -0.2) is 36.3 Å². The van der Waals surface area contributed by atoms with E-state index in [1.807, 2.05) is 17.5 Å². The van der Waals surface area contributed by atoms with Crippen LogP contribution >= 0.6 is 11.3 Å². The van der Waals surface area contributed by atoms with Crippen molar-refractivity contribution in [2.75, 3.05) is 13.6 Å². The van der Waals surface area contributed by atoms with E-state index in [1.165, 1.54) is 11.9 Å². The van der Waals surface area contributed by atoms with Crippen molar-refractivity contribution in [3.63, 3.8) is 0 Å². The van der Waals surface area contributed by atoms with E-state index < -0.39 is 11.8 Å². The van der Waals surface area contributed by atoms with Gasteiger partial charge in [-0.25, -0.2) is 0 Å². The standard InChI is InChI=1S/C12H15N3O3S/c1-15-12(18)9(11(17)14-15)7-10(16)13-5-4-8-3-2-6-19-8/h2-3,6,9H,4-5,7H2,1H3,(H,13,16)(H,14,17). The van der Waals surface area contributed by atoms with E-state index in [2.05, 4.69) is 10.7 Å². The molecule has 0 spiro atoms. The minimum atomic E-state index is -0.897. The fourth-order valence-corrected chi connectivity index (χ4v) is 2.57. The summed E-state index contributed by atoms with van der Waals surface area (Å²) in [6.07, 6.45) is 0.660. The molecule has 1 aromatic heterocycles. The fourth-order valence-electron chi connectivity index (χ4n) is 1.86. The number of nitrogens with one attached hydrogen (secondary N) is 2. The monoisotopic (exact) mass is 281 g/mol. The van der Waals surface area contributed by atoms with Crippen LogP contribution in [0, 0.1) is 5.92 Å². The number of amides is 3. The Morgan fingerprint density at radius 2 is 2.32 bits per heavy atom. The molecular weight excluding hydrogens is 266 g/mol. The van der Waals surface area contributed by atoms with Crippen molar-refractivity contribution in [2.24, 2.45) is 5.92 Å². The Bertz CT molecular complexity index is 486. The molecule has 2 heterocycles. The lowest BCUT2D eigenvalue weighted by atomic mass is 10.1. The summed E-state index contributed by atoms with van der Waals surface area (Å²) in [5, 5.41) is 5.82.